The molecule has 0 spiro atoms. The highest BCUT2D eigenvalue weighted by atomic mass is 79.9. The van der Waals surface area contributed by atoms with Gasteiger partial charge in [0, 0.05) is 11.6 Å². The zero-order valence-electron chi connectivity index (χ0n) is 16.5. The molecule has 152 valence electrons. The number of aromatic nitrogens is 1. The van der Waals surface area contributed by atoms with Crippen molar-refractivity contribution >= 4 is 17.5 Å². The number of nitrogens with zero attached hydrogens (tertiary/aromatic N) is 1. The van der Waals surface area contributed by atoms with Gasteiger partial charge >= 0.3 is 5.91 Å². The molecule has 29 heavy (non-hydrogen) atoms. The van der Waals surface area contributed by atoms with Crippen molar-refractivity contribution in [2.24, 2.45) is 23.2 Å². The zero-order valence-corrected chi connectivity index (χ0v) is 18.1. The highest BCUT2D eigenvalue weighted by molar-refractivity contribution is 5.96. The molecule has 4 fully saturated rings. The van der Waals surface area contributed by atoms with Crippen LogP contribution in [0, 0.1) is 23.2 Å². The lowest BCUT2D eigenvalue weighted by molar-refractivity contribution is -0.668. The first-order valence-electron chi connectivity index (χ1n) is 10.5. The average Bonchev–Trinajstić information content (AvgIpc) is 2.69. The van der Waals surface area contributed by atoms with E-state index in [4.69, 9.17) is 0 Å². The molecule has 0 aliphatic heterocycles. The Bertz CT molecular complexity index is 877. The molecule has 0 unspecified atom stereocenters. The van der Waals surface area contributed by atoms with Gasteiger partial charge in [0.05, 0.1) is 11.6 Å². The van der Waals surface area contributed by atoms with Crippen molar-refractivity contribution in [3.8, 4) is 0 Å². The summed E-state index contributed by atoms with van der Waals surface area (Å²) in [6.07, 6.45) is 8.97. The van der Waals surface area contributed by atoms with E-state index < -0.39 is 0 Å². The lowest BCUT2D eigenvalue weighted by Crippen LogP contribution is -3.00. The van der Waals surface area contributed by atoms with Crippen molar-refractivity contribution in [2.75, 3.05) is 5.32 Å². The summed E-state index contributed by atoms with van der Waals surface area (Å²) in [7, 11) is 0. The van der Waals surface area contributed by atoms with Crippen LogP contribution in [-0.4, -0.2) is 11.7 Å². The molecular formula is C24H27BrN2O2. The third-order valence-electron chi connectivity index (χ3n) is 7.11. The Kier molecular flexibility index (Phi) is 5.60. The Morgan fingerprint density at radius 2 is 1.48 bits per heavy atom. The normalized spacial score (nSPS) is 29.2. The molecule has 1 aromatic carbocycles. The van der Waals surface area contributed by atoms with E-state index in [1.165, 1.54) is 19.3 Å². The van der Waals surface area contributed by atoms with Gasteiger partial charge in [0.2, 0.25) is 5.78 Å². The minimum absolute atomic E-state index is 0. The predicted molar refractivity (Wildman–Crippen MR) is 107 cm³/mol. The lowest BCUT2D eigenvalue weighted by Gasteiger charge is -2.54. The molecule has 4 aliphatic rings. The third kappa shape index (κ3) is 3.89. The fourth-order valence-corrected chi connectivity index (χ4v) is 6.24. The standard InChI is InChI=1S/C24H26N2O2.BrH/c27-21(20-6-2-1-3-7-20)16-26-9-5-4-8-22(26)25-23(28)24-13-17-10-18(14-24)12-19(11-17)15-24;/h1-9,17-19H,10-16H2;1H. The van der Waals surface area contributed by atoms with Crippen molar-refractivity contribution in [2.45, 2.75) is 45.1 Å². The Hall–Kier alpha value is -2.01. The van der Waals surface area contributed by atoms with Crippen molar-refractivity contribution in [1.82, 2.24) is 0 Å². The number of nitrogens with one attached hydrogen (secondary N) is 1. The number of hydrogen-bond acceptors (Lipinski definition) is 2. The van der Waals surface area contributed by atoms with Crippen molar-refractivity contribution in [3.05, 3.63) is 60.3 Å². The molecule has 0 atom stereocenters. The van der Waals surface area contributed by atoms with Crippen LogP contribution in [0.25, 0.3) is 0 Å². The van der Waals surface area contributed by atoms with Crippen LogP contribution in [0.1, 0.15) is 48.9 Å². The summed E-state index contributed by atoms with van der Waals surface area (Å²) in [5.41, 5.74) is 0.503. The zero-order chi connectivity index (χ0) is 19.1. The first-order chi connectivity index (χ1) is 13.6. The highest BCUT2D eigenvalue weighted by Crippen LogP contribution is 2.60. The Morgan fingerprint density at radius 3 is 2.10 bits per heavy atom. The molecule has 0 radical (unpaired) electrons. The number of Topliss-reactive ketones (excluding diaryl/α,β-unsaturated/α-hetero) is 1. The van der Waals surface area contributed by atoms with Gasteiger partial charge in [-0.05, 0) is 62.3 Å². The third-order valence-corrected chi connectivity index (χ3v) is 7.11. The van der Waals surface area contributed by atoms with Crippen molar-refractivity contribution < 1.29 is 31.1 Å². The topological polar surface area (TPSA) is 50.0 Å². The Balaban J connectivity index is 0.00000205. The molecule has 5 heteroatoms. The Labute approximate surface area is 182 Å². The summed E-state index contributed by atoms with van der Waals surface area (Å²) >= 11 is 0. The van der Waals surface area contributed by atoms with Crippen LogP contribution in [0.2, 0.25) is 0 Å². The summed E-state index contributed by atoms with van der Waals surface area (Å²) < 4.78 is 1.85. The number of anilines is 1. The average molecular weight is 455 g/mol. The molecular weight excluding hydrogens is 428 g/mol. The number of rotatable bonds is 5. The van der Waals surface area contributed by atoms with Gasteiger partial charge in [-0.1, -0.05) is 36.4 Å². The molecule has 6 rings (SSSR count). The molecule has 4 bridgehead atoms. The van der Waals surface area contributed by atoms with Crippen LogP contribution < -0.4 is 26.9 Å². The molecule has 4 aliphatic carbocycles. The molecule has 1 N–H and O–H groups in total. The largest absolute Gasteiger partial charge is 1.00 e. The molecule has 4 nitrogen and oxygen atoms in total. The monoisotopic (exact) mass is 454 g/mol. The van der Waals surface area contributed by atoms with E-state index in [1.54, 1.807) is 0 Å². The van der Waals surface area contributed by atoms with Crippen LogP contribution in [0.15, 0.2) is 54.7 Å². The van der Waals surface area contributed by atoms with Gasteiger partial charge < -0.3 is 17.0 Å². The number of carbonyl (C=O) groups excluding carboxylic acids is 2. The summed E-state index contributed by atoms with van der Waals surface area (Å²) in [5, 5.41) is 3.20. The molecule has 1 amide bonds. The minimum Gasteiger partial charge on any atom is -1.00 e. The fourth-order valence-electron chi connectivity index (χ4n) is 6.24. The van der Waals surface area contributed by atoms with E-state index in [0.29, 0.717) is 11.4 Å². The smallest absolute Gasteiger partial charge is 0.313 e. The van der Waals surface area contributed by atoms with Crippen molar-refractivity contribution in [3.63, 3.8) is 0 Å². The van der Waals surface area contributed by atoms with Gasteiger partial charge in [-0.3, -0.25) is 4.79 Å². The number of pyridine rings is 1. The molecule has 0 saturated heterocycles. The Morgan fingerprint density at radius 1 is 0.897 bits per heavy atom. The van der Waals surface area contributed by atoms with E-state index >= 15 is 0 Å². The van der Waals surface area contributed by atoms with Gasteiger partial charge in [-0.15, -0.1) is 0 Å². The maximum Gasteiger partial charge on any atom is 0.313 e. The van der Waals surface area contributed by atoms with Gasteiger partial charge in [-0.2, -0.15) is 0 Å². The fraction of sp³-hybridized carbons (Fsp3) is 0.458. The molecule has 1 heterocycles. The first kappa shape index (κ1) is 20.3. The second kappa shape index (κ2) is 8.02. The second-order valence-corrected chi connectivity index (χ2v) is 9.15. The number of ketones is 1. The highest BCUT2D eigenvalue weighted by Gasteiger charge is 2.56. The molecule has 1 aromatic heterocycles. The van der Waals surface area contributed by atoms with E-state index in [0.717, 1.165) is 37.0 Å². The summed E-state index contributed by atoms with van der Waals surface area (Å²) in [6, 6.07) is 15.0. The van der Waals surface area contributed by atoms with Gasteiger partial charge in [0.15, 0.2) is 6.54 Å². The molecule has 2 aromatic rings. The van der Waals surface area contributed by atoms with Gasteiger partial charge in [0.1, 0.15) is 0 Å². The number of benzene rings is 1. The molecule has 4 saturated carbocycles. The number of carbonyl (C=O) groups is 2. The van der Waals surface area contributed by atoms with Crippen LogP contribution in [-0.2, 0) is 11.3 Å². The van der Waals surface area contributed by atoms with Gasteiger partial charge in [-0.25, -0.2) is 14.7 Å². The quantitative estimate of drug-likeness (QED) is 0.541. The van der Waals surface area contributed by atoms with Crippen LogP contribution >= 0.6 is 0 Å². The number of amides is 1. The van der Waals surface area contributed by atoms with Crippen LogP contribution in [0.3, 0.4) is 0 Å². The maximum atomic E-state index is 13.4. The van der Waals surface area contributed by atoms with E-state index in [9.17, 15) is 9.59 Å². The van der Waals surface area contributed by atoms with E-state index in [-0.39, 0.29) is 40.6 Å². The van der Waals surface area contributed by atoms with E-state index in [2.05, 4.69) is 5.32 Å². The number of hydrogen-bond donors (Lipinski definition) is 1. The second-order valence-electron chi connectivity index (χ2n) is 9.15. The summed E-state index contributed by atoms with van der Waals surface area (Å²) in [4.78, 5) is 26.0. The number of halogens is 1. The van der Waals surface area contributed by atoms with Crippen LogP contribution in [0.4, 0.5) is 5.82 Å². The summed E-state index contributed by atoms with van der Waals surface area (Å²) in [5.74, 6) is 3.13. The summed E-state index contributed by atoms with van der Waals surface area (Å²) in [6.45, 7) is 0.224. The minimum atomic E-state index is -0.189. The maximum absolute atomic E-state index is 13.4. The first-order valence-corrected chi connectivity index (χ1v) is 10.5. The van der Waals surface area contributed by atoms with Crippen molar-refractivity contribution in [1.29, 1.82) is 0 Å². The SMILES string of the molecule is O=C(C[n+]1ccccc1NC(=O)C12CC3CC(CC(C3)C1)C2)c1ccccc1.[Br-]. The predicted octanol–water partition coefficient (Wildman–Crippen LogP) is 1.02. The van der Waals surface area contributed by atoms with Gasteiger partial charge in [0.25, 0.3) is 5.82 Å². The van der Waals surface area contributed by atoms with Crippen LogP contribution in [0.5, 0.6) is 0 Å². The van der Waals surface area contributed by atoms with E-state index in [1.807, 2.05) is 59.3 Å². The lowest BCUT2D eigenvalue weighted by atomic mass is 9.49.